The number of nitrogens with one attached hydrogen (secondary N) is 1. The van der Waals surface area contributed by atoms with E-state index in [4.69, 9.17) is 10.5 Å². The number of nitrogens with zero attached hydrogens (tertiary/aromatic N) is 1. The number of fused-ring (bicyclic) bond motifs is 1. The topological polar surface area (TPSA) is 142 Å². The number of nitrogens with two attached hydrogens (primary N) is 1. The Bertz CT molecular complexity index is 696. The minimum Gasteiger partial charge on any atom is -0.489 e. The number of hydrogen-bond donors (Lipinski definition) is 4. The molecular weight excluding hydrogens is 366 g/mol. The second-order valence-corrected chi connectivity index (χ2v) is 6.70. The summed E-state index contributed by atoms with van der Waals surface area (Å²) in [5.41, 5.74) is 5.81. The van der Waals surface area contributed by atoms with Crippen LogP contribution < -0.4 is 20.7 Å². The number of carbonyl (C=O) groups excluding carboxylic acids is 1. The number of carboxylic acids is 2. The molecule has 5 N–H and O–H groups in total. The number of anilines is 1. The molecule has 2 rings (SSSR count). The van der Waals surface area contributed by atoms with E-state index in [1.54, 1.807) is 24.3 Å². The molecule has 28 heavy (non-hydrogen) atoms. The lowest BCUT2D eigenvalue weighted by Crippen LogP contribution is -2.54. The number of ether oxygens (including phenoxy) is 1. The maximum absolute atomic E-state index is 12.9. The second-order valence-electron chi connectivity index (χ2n) is 6.70. The largest absolute Gasteiger partial charge is 0.489 e. The molecule has 9 heteroatoms. The van der Waals surface area contributed by atoms with Gasteiger partial charge in [0, 0.05) is 0 Å². The molecule has 1 aromatic carbocycles. The first-order valence-electron chi connectivity index (χ1n) is 9.38. The van der Waals surface area contributed by atoms with Crippen LogP contribution in [0.4, 0.5) is 5.69 Å². The molecule has 0 saturated carbocycles. The lowest BCUT2D eigenvalue weighted by Gasteiger charge is -2.25. The Morgan fingerprint density at radius 1 is 1.21 bits per heavy atom. The molecule has 0 saturated heterocycles. The number of unbranched alkanes of at least 4 members (excludes halogenated alkanes) is 3. The second kappa shape index (κ2) is 10.6. The highest BCUT2D eigenvalue weighted by molar-refractivity contribution is 6.02. The summed E-state index contributed by atoms with van der Waals surface area (Å²) < 4.78 is 5.66. The van der Waals surface area contributed by atoms with E-state index >= 15 is 0 Å². The van der Waals surface area contributed by atoms with Crippen LogP contribution in [0.5, 0.6) is 5.75 Å². The molecular formula is C19H27N3O6. The first-order valence-corrected chi connectivity index (χ1v) is 9.38. The summed E-state index contributed by atoms with van der Waals surface area (Å²) in [6.45, 7) is -0.00831. The molecule has 0 fully saturated rings. The van der Waals surface area contributed by atoms with Crippen LogP contribution in [0, 0.1) is 0 Å². The highest BCUT2D eigenvalue weighted by atomic mass is 16.5. The molecule has 1 aliphatic rings. The van der Waals surface area contributed by atoms with Crippen molar-refractivity contribution in [3.05, 3.63) is 24.3 Å². The van der Waals surface area contributed by atoms with Gasteiger partial charge in [-0.25, -0.2) is 0 Å². The van der Waals surface area contributed by atoms with Gasteiger partial charge in [0.1, 0.15) is 31.0 Å². The van der Waals surface area contributed by atoms with E-state index in [1.165, 1.54) is 0 Å². The molecule has 0 spiro atoms. The van der Waals surface area contributed by atoms with Gasteiger partial charge in [-0.3, -0.25) is 24.6 Å². The number of carbonyl (C=O) groups is 3. The SMILES string of the molecule is NCCCCCC[C@H](NC1COc2ccccc2N(CC(=O)O)C1=O)C(=O)O. The average molecular weight is 393 g/mol. The Kier molecular flexibility index (Phi) is 8.21. The Morgan fingerprint density at radius 3 is 2.61 bits per heavy atom. The zero-order valence-corrected chi connectivity index (χ0v) is 15.7. The summed E-state index contributed by atoms with van der Waals surface area (Å²) in [6, 6.07) is 4.76. The van der Waals surface area contributed by atoms with Gasteiger partial charge in [0.15, 0.2) is 0 Å². The average Bonchev–Trinajstić information content (AvgIpc) is 2.78. The normalized spacial score (nSPS) is 17.4. The van der Waals surface area contributed by atoms with Crippen LogP contribution in [0.15, 0.2) is 24.3 Å². The fraction of sp³-hybridized carbons (Fsp3) is 0.526. The first kappa shape index (κ1) is 21.6. The van der Waals surface area contributed by atoms with Gasteiger partial charge in [-0.05, 0) is 31.5 Å². The van der Waals surface area contributed by atoms with Gasteiger partial charge < -0.3 is 20.7 Å². The Hall–Kier alpha value is -2.65. The van der Waals surface area contributed by atoms with E-state index < -0.39 is 36.5 Å². The summed E-state index contributed by atoms with van der Waals surface area (Å²) in [4.78, 5) is 36.9. The van der Waals surface area contributed by atoms with Gasteiger partial charge in [-0.1, -0.05) is 31.4 Å². The Morgan fingerprint density at radius 2 is 1.93 bits per heavy atom. The summed E-state index contributed by atoms with van der Waals surface area (Å²) in [6.07, 6.45) is 3.72. The van der Waals surface area contributed by atoms with E-state index in [0.717, 1.165) is 24.2 Å². The van der Waals surface area contributed by atoms with Crippen LogP contribution >= 0.6 is 0 Å². The maximum Gasteiger partial charge on any atom is 0.323 e. The monoisotopic (exact) mass is 393 g/mol. The minimum atomic E-state index is -1.17. The van der Waals surface area contributed by atoms with E-state index in [-0.39, 0.29) is 6.61 Å². The molecule has 1 amide bonds. The molecule has 1 aromatic rings. The maximum atomic E-state index is 12.9. The van der Waals surface area contributed by atoms with Crippen LogP contribution in [-0.2, 0) is 14.4 Å². The van der Waals surface area contributed by atoms with E-state index in [2.05, 4.69) is 5.32 Å². The standard InChI is InChI=1S/C19H27N3O6/c20-10-6-2-1-3-7-13(19(26)27)21-14-12-28-16-9-5-4-8-15(16)22(18(14)25)11-17(23)24/h4-5,8-9,13-14,21H,1-3,6-7,10-12,20H2,(H,23,24)(H,26,27)/t13-,14?/m0/s1. The van der Waals surface area contributed by atoms with Crippen molar-refractivity contribution in [2.24, 2.45) is 5.73 Å². The van der Waals surface area contributed by atoms with Crippen molar-refractivity contribution < 1.29 is 29.3 Å². The van der Waals surface area contributed by atoms with Crippen LogP contribution in [0.25, 0.3) is 0 Å². The highest BCUT2D eigenvalue weighted by Crippen LogP contribution is 2.31. The summed E-state index contributed by atoms with van der Waals surface area (Å²) in [7, 11) is 0. The van der Waals surface area contributed by atoms with Gasteiger partial charge in [0.2, 0.25) is 5.91 Å². The predicted molar refractivity (Wildman–Crippen MR) is 102 cm³/mol. The molecule has 1 heterocycles. The smallest absolute Gasteiger partial charge is 0.323 e. The Labute approximate surface area is 163 Å². The number of carboxylic acid groups (broad SMARTS) is 2. The number of aliphatic carboxylic acids is 2. The van der Waals surface area contributed by atoms with Crippen molar-refractivity contribution >= 4 is 23.5 Å². The van der Waals surface area contributed by atoms with E-state index in [0.29, 0.717) is 30.8 Å². The van der Waals surface area contributed by atoms with Crippen LogP contribution in [-0.4, -0.2) is 59.8 Å². The molecule has 0 bridgehead atoms. The van der Waals surface area contributed by atoms with Crippen molar-refractivity contribution in [2.75, 3.05) is 24.6 Å². The molecule has 9 nitrogen and oxygen atoms in total. The molecule has 2 atom stereocenters. The van der Waals surface area contributed by atoms with Gasteiger partial charge in [-0.15, -0.1) is 0 Å². The van der Waals surface area contributed by atoms with E-state index in [1.807, 2.05) is 0 Å². The van der Waals surface area contributed by atoms with Gasteiger partial charge in [0.05, 0.1) is 5.69 Å². The lowest BCUT2D eigenvalue weighted by atomic mass is 10.1. The van der Waals surface area contributed by atoms with Gasteiger partial charge in [-0.2, -0.15) is 0 Å². The number of hydrogen-bond acceptors (Lipinski definition) is 6. The molecule has 1 unspecified atom stereocenters. The first-order chi connectivity index (χ1) is 13.4. The fourth-order valence-electron chi connectivity index (χ4n) is 3.14. The van der Waals surface area contributed by atoms with Crippen molar-refractivity contribution in [1.82, 2.24) is 5.32 Å². The van der Waals surface area contributed by atoms with Crippen LogP contribution in [0.2, 0.25) is 0 Å². The fourth-order valence-corrected chi connectivity index (χ4v) is 3.14. The molecule has 0 aliphatic carbocycles. The lowest BCUT2D eigenvalue weighted by molar-refractivity contribution is -0.141. The van der Waals surface area contributed by atoms with Crippen molar-refractivity contribution in [2.45, 2.75) is 44.2 Å². The van der Waals surface area contributed by atoms with Crippen molar-refractivity contribution in [3.63, 3.8) is 0 Å². The van der Waals surface area contributed by atoms with Gasteiger partial charge in [0.25, 0.3) is 0 Å². The van der Waals surface area contributed by atoms with Crippen molar-refractivity contribution in [3.8, 4) is 5.75 Å². The molecule has 0 radical (unpaired) electrons. The number of benzene rings is 1. The molecule has 0 aromatic heterocycles. The predicted octanol–water partition coefficient (Wildman–Crippen LogP) is 0.817. The Balaban J connectivity index is 2.10. The minimum absolute atomic E-state index is 0.0804. The quantitative estimate of drug-likeness (QED) is 0.405. The zero-order valence-electron chi connectivity index (χ0n) is 15.7. The third kappa shape index (κ3) is 5.93. The number of amides is 1. The summed E-state index contributed by atoms with van der Waals surface area (Å²) in [5, 5.41) is 21.5. The number of rotatable bonds is 11. The zero-order chi connectivity index (χ0) is 20.5. The third-order valence-corrected chi connectivity index (χ3v) is 4.57. The summed E-state index contributed by atoms with van der Waals surface area (Å²) in [5.74, 6) is -2.37. The summed E-state index contributed by atoms with van der Waals surface area (Å²) >= 11 is 0. The third-order valence-electron chi connectivity index (χ3n) is 4.57. The highest BCUT2D eigenvalue weighted by Gasteiger charge is 2.35. The van der Waals surface area contributed by atoms with Gasteiger partial charge >= 0.3 is 11.9 Å². The molecule has 1 aliphatic heterocycles. The van der Waals surface area contributed by atoms with E-state index in [9.17, 15) is 24.6 Å². The van der Waals surface area contributed by atoms with Crippen LogP contribution in [0.3, 0.4) is 0 Å². The van der Waals surface area contributed by atoms with Crippen LogP contribution in [0.1, 0.15) is 32.1 Å². The molecule has 154 valence electrons. The number of para-hydroxylation sites is 2. The van der Waals surface area contributed by atoms with Crippen molar-refractivity contribution in [1.29, 1.82) is 0 Å².